The number of hydrogen-bond donors (Lipinski definition) is 2. The summed E-state index contributed by atoms with van der Waals surface area (Å²) in [6, 6.07) is 8.51. The Morgan fingerprint density at radius 3 is 2.12 bits per heavy atom. The summed E-state index contributed by atoms with van der Waals surface area (Å²) in [5.41, 5.74) is 0.133. The minimum Gasteiger partial charge on any atom is -0.322 e. The molecule has 0 saturated heterocycles. The van der Waals surface area contributed by atoms with Gasteiger partial charge in [-0.05, 0) is 63.6 Å². The highest BCUT2D eigenvalue weighted by Gasteiger charge is 2.26. The molecule has 2 N–H and O–H groups in total. The Balaban J connectivity index is 2.41. The molecule has 0 fully saturated rings. The topological polar surface area (TPSA) is 113 Å². The van der Waals surface area contributed by atoms with E-state index in [0.717, 1.165) is 0 Å². The number of carbonyl (C=O) groups excluding carboxylic acids is 1. The summed E-state index contributed by atoms with van der Waals surface area (Å²) in [6.45, 7) is 10.9. The SMILES string of the molecule is CCN(CC)S(=O)(=O)c1cc(NC(=O)c2ccc(Cl)c(S(=O)(=O)NC(C)(C)C)c2)ccc1C. The second kappa shape index (κ2) is 10.1. The Bertz CT molecular complexity index is 1250. The highest BCUT2D eigenvalue weighted by molar-refractivity contribution is 7.89. The maximum atomic E-state index is 13.0. The van der Waals surface area contributed by atoms with E-state index in [1.165, 1.54) is 28.6 Å². The van der Waals surface area contributed by atoms with Crippen LogP contribution in [0, 0.1) is 6.92 Å². The summed E-state index contributed by atoms with van der Waals surface area (Å²) in [5.74, 6) is -0.603. The molecule has 0 aliphatic heterocycles. The molecule has 0 bridgehead atoms. The summed E-state index contributed by atoms with van der Waals surface area (Å²) < 4.78 is 55.2. The standard InChI is InChI=1S/C22H30ClN3O5S2/c1-7-26(8-2)33(30,31)19-14-17(11-9-15(19)3)24-21(27)16-10-12-18(23)20(13-16)32(28,29)25-22(4,5)6/h9-14,25H,7-8H2,1-6H3,(H,24,27). The van der Waals surface area contributed by atoms with Crippen molar-refractivity contribution in [3.63, 3.8) is 0 Å². The van der Waals surface area contributed by atoms with E-state index in [2.05, 4.69) is 10.0 Å². The van der Waals surface area contributed by atoms with Gasteiger partial charge >= 0.3 is 0 Å². The van der Waals surface area contributed by atoms with Gasteiger partial charge in [0.25, 0.3) is 5.91 Å². The molecule has 0 spiro atoms. The first kappa shape index (κ1) is 27.3. The van der Waals surface area contributed by atoms with E-state index >= 15 is 0 Å². The Morgan fingerprint density at radius 2 is 1.58 bits per heavy atom. The number of halogens is 1. The molecule has 2 aromatic rings. The van der Waals surface area contributed by atoms with E-state index < -0.39 is 31.5 Å². The number of anilines is 1. The van der Waals surface area contributed by atoms with Gasteiger partial charge in [-0.25, -0.2) is 21.6 Å². The van der Waals surface area contributed by atoms with Gasteiger partial charge in [-0.2, -0.15) is 4.31 Å². The number of amides is 1. The molecule has 0 heterocycles. The van der Waals surface area contributed by atoms with Crippen molar-refractivity contribution in [2.24, 2.45) is 0 Å². The summed E-state index contributed by atoms with van der Waals surface area (Å²) in [6.07, 6.45) is 0. The Morgan fingerprint density at radius 1 is 0.970 bits per heavy atom. The Labute approximate surface area is 201 Å². The summed E-state index contributed by atoms with van der Waals surface area (Å²) in [7, 11) is -7.70. The third kappa shape index (κ3) is 6.54. The molecule has 2 rings (SSSR count). The zero-order valence-corrected chi connectivity index (χ0v) is 22.0. The van der Waals surface area contributed by atoms with Crippen molar-refractivity contribution in [2.45, 2.75) is 56.9 Å². The van der Waals surface area contributed by atoms with Crippen molar-refractivity contribution in [3.05, 3.63) is 52.5 Å². The van der Waals surface area contributed by atoms with Gasteiger partial charge in [-0.3, -0.25) is 4.79 Å². The summed E-state index contributed by atoms with van der Waals surface area (Å²) >= 11 is 6.10. The number of nitrogens with one attached hydrogen (secondary N) is 2. The van der Waals surface area contributed by atoms with Crippen LogP contribution in [0.4, 0.5) is 5.69 Å². The van der Waals surface area contributed by atoms with Crippen LogP contribution in [-0.2, 0) is 20.0 Å². The van der Waals surface area contributed by atoms with Crippen molar-refractivity contribution in [1.82, 2.24) is 9.03 Å². The lowest BCUT2D eigenvalue weighted by Gasteiger charge is -2.21. The lowest BCUT2D eigenvalue weighted by Crippen LogP contribution is -2.40. The molecule has 11 heteroatoms. The highest BCUT2D eigenvalue weighted by atomic mass is 35.5. The average Bonchev–Trinajstić information content (AvgIpc) is 2.68. The van der Waals surface area contributed by atoms with Crippen molar-refractivity contribution in [1.29, 1.82) is 0 Å². The van der Waals surface area contributed by atoms with Crippen molar-refractivity contribution >= 4 is 43.2 Å². The highest BCUT2D eigenvalue weighted by Crippen LogP contribution is 2.26. The van der Waals surface area contributed by atoms with Crippen molar-refractivity contribution in [2.75, 3.05) is 18.4 Å². The van der Waals surface area contributed by atoms with Crippen LogP contribution in [0.5, 0.6) is 0 Å². The monoisotopic (exact) mass is 515 g/mol. The lowest BCUT2D eigenvalue weighted by atomic mass is 10.1. The molecular formula is C22H30ClN3O5S2. The molecule has 0 aromatic heterocycles. The first-order valence-electron chi connectivity index (χ1n) is 10.4. The number of nitrogens with zero attached hydrogens (tertiary/aromatic N) is 1. The fourth-order valence-corrected chi connectivity index (χ4v) is 6.82. The fraction of sp³-hybridized carbons (Fsp3) is 0.409. The largest absolute Gasteiger partial charge is 0.322 e. The maximum Gasteiger partial charge on any atom is 0.255 e. The van der Waals surface area contributed by atoms with E-state index in [0.29, 0.717) is 18.7 Å². The zero-order valence-electron chi connectivity index (χ0n) is 19.6. The molecule has 0 aliphatic rings. The van der Waals surface area contributed by atoms with Crippen molar-refractivity contribution in [3.8, 4) is 0 Å². The van der Waals surface area contributed by atoms with Gasteiger partial charge in [0.1, 0.15) is 4.90 Å². The second-order valence-corrected chi connectivity index (χ2v) is 12.5. The van der Waals surface area contributed by atoms with Gasteiger partial charge in [0.05, 0.1) is 9.92 Å². The van der Waals surface area contributed by atoms with Gasteiger partial charge < -0.3 is 5.32 Å². The van der Waals surface area contributed by atoms with E-state index in [4.69, 9.17) is 11.6 Å². The third-order valence-corrected chi connectivity index (χ3v) is 9.12. The van der Waals surface area contributed by atoms with Gasteiger partial charge in [0.2, 0.25) is 20.0 Å². The number of rotatable bonds is 8. The summed E-state index contributed by atoms with van der Waals surface area (Å²) in [5, 5.41) is 2.62. The van der Waals surface area contributed by atoms with Crippen molar-refractivity contribution < 1.29 is 21.6 Å². The van der Waals surface area contributed by atoms with E-state index in [1.54, 1.807) is 53.7 Å². The first-order chi connectivity index (χ1) is 15.1. The number of carbonyl (C=O) groups is 1. The molecule has 1 amide bonds. The average molecular weight is 516 g/mol. The molecule has 0 unspecified atom stereocenters. The van der Waals surface area contributed by atoms with E-state index in [9.17, 15) is 21.6 Å². The molecule has 182 valence electrons. The van der Waals surface area contributed by atoms with Gasteiger partial charge in [-0.15, -0.1) is 0 Å². The second-order valence-electron chi connectivity index (χ2n) is 8.52. The van der Waals surface area contributed by atoms with E-state index in [-0.39, 0.29) is 26.1 Å². The predicted molar refractivity (Wildman–Crippen MR) is 131 cm³/mol. The normalized spacial score (nSPS) is 12.7. The van der Waals surface area contributed by atoms with Crippen LogP contribution in [0.25, 0.3) is 0 Å². The molecule has 33 heavy (non-hydrogen) atoms. The van der Waals surface area contributed by atoms with Crippen LogP contribution in [0.3, 0.4) is 0 Å². The molecule has 0 saturated carbocycles. The van der Waals surface area contributed by atoms with Gasteiger partial charge in [0.15, 0.2) is 0 Å². The molecular weight excluding hydrogens is 486 g/mol. The predicted octanol–water partition coefficient (Wildman–Crippen LogP) is 4.01. The zero-order chi connectivity index (χ0) is 25.2. The minimum absolute atomic E-state index is 0.0220. The first-order valence-corrected chi connectivity index (χ1v) is 13.7. The number of sulfonamides is 2. The smallest absolute Gasteiger partial charge is 0.255 e. The quantitative estimate of drug-likeness (QED) is 0.551. The molecule has 0 atom stereocenters. The summed E-state index contributed by atoms with van der Waals surface area (Å²) in [4.78, 5) is 12.7. The fourth-order valence-electron chi connectivity index (χ4n) is 3.17. The van der Waals surface area contributed by atoms with Crippen LogP contribution in [0.1, 0.15) is 50.5 Å². The molecule has 8 nitrogen and oxygen atoms in total. The number of benzene rings is 2. The van der Waals surface area contributed by atoms with Crippen LogP contribution < -0.4 is 10.0 Å². The number of aryl methyl sites for hydroxylation is 1. The lowest BCUT2D eigenvalue weighted by molar-refractivity contribution is 0.102. The van der Waals surface area contributed by atoms with Gasteiger partial charge in [-0.1, -0.05) is 31.5 Å². The van der Waals surface area contributed by atoms with Crippen LogP contribution in [0.15, 0.2) is 46.2 Å². The van der Waals surface area contributed by atoms with Crippen LogP contribution >= 0.6 is 11.6 Å². The maximum absolute atomic E-state index is 13.0. The minimum atomic E-state index is -3.97. The third-order valence-electron chi connectivity index (χ3n) is 4.69. The molecule has 0 aliphatic carbocycles. The Hall–Kier alpha value is -1.98. The van der Waals surface area contributed by atoms with E-state index in [1.807, 2.05) is 0 Å². The molecule has 2 aromatic carbocycles. The Kier molecular flexibility index (Phi) is 8.35. The number of hydrogen-bond acceptors (Lipinski definition) is 5. The molecule has 0 radical (unpaired) electrons. The van der Waals surface area contributed by atoms with Crippen LogP contribution in [-0.4, -0.2) is 45.7 Å². The van der Waals surface area contributed by atoms with Gasteiger partial charge in [0, 0.05) is 29.9 Å². The van der Waals surface area contributed by atoms with Crippen LogP contribution in [0.2, 0.25) is 5.02 Å².